The number of carbonyl (C=O) groups excluding carboxylic acids is 2. The van der Waals surface area contributed by atoms with E-state index in [4.69, 9.17) is 9.47 Å². The van der Waals surface area contributed by atoms with E-state index in [1.807, 2.05) is 73.7 Å². The molecule has 5 heteroatoms. The Kier molecular flexibility index (Phi) is 3.88. The molecule has 3 aliphatic rings. The zero-order chi connectivity index (χ0) is 19.3. The lowest BCUT2D eigenvalue weighted by molar-refractivity contribution is -0.153. The monoisotopic (exact) mass is 375 g/mol. The minimum atomic E-state index is -0.734. The van der Waals surface area contributed by atoms with Crippen LogP contribution in [0.2, 0.25) is 0 Å². The Morgan fingerprint density at radius 2 is 2.04 bits per heavy atom. The van der Waals surface area contributed by atoms with Crippen LogP contribution in [0.15, 0.2) is 66.7 Å². The van der Waals surface area contributed by atoms with Gasteiger partial charge < -0.3 is 14.4 Å². The second-order valence-electron chi connectivity index (χ2n) is 7.76. The van der Waals surface area contributed by atoms with Gasteiger partial charge in [-0.05, 0) is 30.2 Å². The molecule has 1 amide bonds. The summed E-state index contributed by atoms with van der Waals surface area (Å²) in [5, 5.41) is 0. The Hall–Kier alpha value is -2.92. The molecule has 3 heterocycles. The van der Waals surface area contributed by atoms with Crippen LogP contribution in [0.4, 0.5) is 5.69 Å². The number of esters is 1. The van der Waals surface area contributed by atoms with E-state index in [9.17, 15) is 9.59 Å². The maximum absolute atomic E-state index is 13.3. The van der Waals surface area contributed by atoms with E-state index < -0.39 is 23.5 Å². The number of rotatable bonds is 4. The predicted octanol–water partition coefficient (Wildman–Crippen LogP) is 3.02. The van der Waals surface area contributed by atoms with Crippen LogP contribution in [0.5, 0.6) is 0 Å². The molecule has 2 bridgehead atoms. The van der Waals surface area contributed by atoms with Crippen LogP contribution in [0.1, 0.15) is 11.1 Å². The number of nitrogens with zero attached hydrogens (tertiary/aromatic N) is 1. The molecule has 142 valence electrons. The van der Waals surface area contributed by atoms with Crippen LogP contribution < -0.4 is 4.90 Å². The van der Waals surface area contributed by atoms with Crippen LogP contribution in [-0.4, -0.2) is 30.1 Å². The van der Waals surface area contributed by atoms with Crippen molar-refractivity contribution in [3.8, 4) is 0 Å². The van der Waals surface area contributed by atoms with E-state index in [1.165, 1.54) is 0 Å². The van der Waals surface area contributed by atoms with Crippen molar-refractivity contribution < 1.29 is 19.1 Å². The summed E-state index contributed by atoms with van der Waals surface area (Å²) in [5.74, 6) is -1.58. The van der Waals surface area contributed by atoms with Gasteiger partial charge in [0, 0.05) is 5.69 Å². The highest BCUT2D eigenvalue weighted by Gasteiger charge is 2.67. The number of ether oxygens (including phenoxy) is 2. The fraction of sp³-hybridized carbons (Fsp3) is 0.304. The Morgan fingerprint density at radius 1 is 1.21 bits per heavy atom. The first-order valence-corrected chi connectivity index (χ1v) is 9.53. The first-order valence-electron chi connectivity index (χ1n) is 9.53. The van der Waals surface area contributed by atoms with Crippen molar-refractivity contribution in [1.29, 1.82) is 0 Å². The lowest BCUT2D eigenvalue weighted by Crippen LogP contribution is -2.40. The molecule has 0 aromatic heterocycles. The summed E-state index contributed by atoms with van der Waals surface area (Å²) < 4.78 is 11.7. The minimum absolute atomic E-state index is 0.0703. The second kappa shape index (κ2) is 6.31. The normalized spacial score (nSPS) is 30.0. The van der Waals surface area contributed by atoms with Crippen LogP contribution in [0.25, 0.3) is 0 Å². The summed E-state index contributed by atoms with van der Waals surface area (Å²) in [7, 11) is 0. The topological polar surface area (TPSA) is 55.8 Å². The van der Waals surface area contributed by atoms with Crippen LogP contribution in [-0.2, 0) is 25.7 Å². The highest BCUT2D eigenvalue weighted by atomic mass is 16.6. The van der Waals surface area contributed by atoms with Gasteiger partial charge in [0.05, 0.1) is 18.6 Å². The number of anilines is 1. The number of benzene rings is 2. The molecule has 28 heavy (non-hydrogen) atoms. The molecule has 2 aromatic rings. The van der Waals surface area contributed by atoms with Crippen molar-refractivity contribution in [3.05, 3.63) is 77.9 Å². The third-order valence-electron chi connectivity index (χ3n) is 5.91. The number of fused-ring (bicyclic) bond motifs is 1. The Morgan fingerprint density at radius 3 is 2.82 bits per heavy atom. The third kappa shape index (κ3) is 2.58. The molecule has 0 saturated carbocycles. The van der Waals surface area contributed by atoms with Gasteiger partial charge in [-0.1, -0.05) is 54.6 Å². The molecule has 5 rings (SSSR count). The molecule has 5 nitrogen and oxygen atoms in total. The molecule has 0 unspecified atom stereocenters. The van der Waals surface area contributed by atoms with Gasteiger partial charge >= 0.3 is 5.97 Å². The van der Waals surface area contributed by atoms with Crippen molar-refractivity contribution in [2.24, 2.45) is 11.8 Å². The van der Waals surface area contributed by atoms with Gasteiger partial charge in [0.25, 0.3) is 0 Å². The Labute approximate surface area is 163 Å². The molecule has 2 aromatic carbocycles. The van der Waals surface area contributed by atoms with Crippen molar-refractivity contribution >= 4 is 17.6 Å². The number of hydrogen-bond acceptors (Lipinski definition) is 4. The maximum Gasteiger partial charge on any atom is 0.313 e. The van der Waals surface area contributed by atoms with Crippen LogP contribution in [0, 0.1) is 18.8 Å². The van der Waals surface area contributed by atoms with E-state index in [2.05, 4.69) is 0 Å². The first kappa shape index (κ1) is 17.2. The second-order valence-corrected chi connectivity index (χ2v) is 7.76. The van der Waals surface area contributed by atoms with E-state index in [0.717, 1.165) is 16.8 Å². The van der Waals surface area contributed by atoms with E-state index >= 15 is 0 Å². The fourth-order valence-corrected chi connectivity index (χ4v) is 4.61. The zero-order valence-corrected chi connectivity index (χ0v) is 15.6. The number of amides is 1. The largest absolute Gasteiger partial charge is 0.460 e. The summed E-state index contributed by atoms with van der Waals surface area (Å²) in [4.78, 5) is 27.9. The highest BCUT2D eigenvalue weighted by Crippen LogP contribution is 2.53. The lowest BCUT2D eigenvalue weighted by atomic mass is 9.77. The molecule has 0 radical (unpaired) electrons. The van der Waals surface area contributed by atoms with Crippen molar-refractivity contribution in [2.45, 2.75) is 25.2 Å². The molecule has 4 atom stereocenters. The minimum Gasteiger partial charge on any atom is -0.460 e. The van der Waals surface area contributed by atoms with E-state index in [0.29, 0.717) is 6.54 Å². The smallest absolute Gasteiger partial charge is 0.313 e. The number of carbonyl (C=O) groups is 2. The zero-order valence-electron chi connectivity index (χ0n) is 15.6. The lowest BCUT2D eigenvalue weighted by Gasteiger charge is -2.22. The summed E-state index contributed by atoms with van der Waals surface area (Å²) >= 11 is 0. The first-order chi connectivity index (χ1) is 13.6. The summed E-state index contributed by atoms with van der Waals surface area (Å²) in [5.41, 5.74) is 2.11. The fourth-order valence-electron chi connectivity index (χ4n) is 4.61. The molecule has 2 saturated heterocycles. The van der Waals surface area contributed by atoms with Crippen molar-refractivity contribution in [2.75, 3.05) is 11.4 Å². The number of aryl methyl sites for hydroxylation is 1. The van der Waals surface area contributed by atoms with Gasteiger partial charge in [-0.2, -0.15) is 0 Å². The van der Waals surface area contributed by atoms with E-state index in [1.54, 1.807) is 4.90 Å². The van der Waals surface area contributed by atoms with Gasteiger partial charge in [-0.25, -0.2) is 0 Å². The van der Waals surface area contributed by atoms with Crippen molar-refractivity contribution in [1.82, 2.24) is 0 Å². The van der Waals surface area contributed by atoms with Crippen LogP contribution in [0.3, 0.4) is 0 Å². The van der Waals surface area contributed by atoms with E-state index in [-0.39, 0.29) is 18.5 Å². The van der Waals surface area contributed by atoms with Gasteiger partial charge in [0.2, 0.25) is 5.91 Å². The Balaban J connectivity index is 1.39. The molecular weight excluding hydrogens is 354 g/mol. The van der Waals surface area contributed by atoms with Gasteiger partial charge in [-0.3, -0.25) is 9.59 Å². The SMILES string of the molecule is Cc1cccc(N2C[C@@]34C=C[C@@H](O3)[C@@H](C(=O)OCc3ccccc3)[C@@H]4C2=O)c1. The summed E-state index contributed by atoms with van der Waals surface area (Å²) in [6, 6.07) is 17.4. The van der Waals surface area contributed by atoms with Crippen LogP contribution >= 0.6 is 0 Å². The molecular formula is C23H21NO4. The Bertz CT molecular complexity index is 970. The molecule has 1 spiro atoms. The van der Waals surface area contributed by atoms with Crippen molar-refractivity contribution in [3.63, 3.8) is 0 Å². The molecule has 3 aliphatic heterocycles. The molecule has 0 N–H and O–H groups in total. The average Bonchev–Trinajstić information content (AvgIpc) is 3.35. The number of hydrogen-bond donors (Lipinski definition) is 0. The highest BCUT2D eigenvalue weighted by molar-refractivity contribution is 6.02. The van der Waals surface area contributed by atoms with Gasteiger partial charge in [0.1, 0.15) is 18.1 Å². The molecule has 0 aliphatic carbocycles. The van der Waals surface area contributed by atoms with Gasteiger partial charge in [0.15, 0.2) is 0 Å². The standard InChI is InChI=1S/C23H21NO4/c1-15-6-5-9-17(12-15)24-14-23-11-10-18(28-23)19(20(23)21(24)25)22(26)27-13-16-7-3-2-4-8-16/h2-12,18-20H,13-14H2,1H3/t18-,19-,20-,23-/m1/s1. The third-order valence-corrected chi connectivity index (χ3v) is 5.91. The molecule has 2 fully saturated rings. The average molecular weight is 375 g/mol. The maximum atomic E-state index is 13.3. The summed E-state index contributed by atoms with van der Waals surface area (Å²) in [6.45, 7) is 2.62. The predicted molar refractivity (Wildman–Crippen MR) is 103 cm³/mol. The van der Waals surface area contributed by atoms with Gasteiger partial charge in [-0.15, -0.1) is 0 Å². The summed E-state index contributed by atoms with van der Waals surface area (Å²) in [6.07, 6.45) is 3.46. The quantitative estimate of drug-likeness (QED) is 0.609.